The van der Waals surface area contributed by atoms with Crippen LogP contribution in [0.1, 0.15) is 29.6 Å². The van der Waals surface area contributed by atoms with E-state index in [1.54, 1.807) is 18.2 Å². The number of carbonyl (C=O) groups excluding carboxylic acids is 1. The van der Waals surface area contributed by atoms with Crippen molar-refractivity contribution in [2.45, 2.75) is 19.3 Å². The number of carbonyl (C=O) groups is 1. The highest BCUT2D eigenvalue weighted by molar-refractivity contribution is 5.97. The van der Waals surface area contributed by atoms with Crippen LogP contribution in [0.5, 0.6) is 0 Å². The van der Waals surface area contributed by atoms with Gasteiger partial charge in [-0.2, -0.15) is 0 Å². The standard InChI is InChI=1S/C13H19N3O/c14-11-4-3-10(9-12(11)15)13(17)5-8-16-6-1-2-7-16/h3-4,9H,1-2,5-8,14-15H2. The summed E-state index contributed by atoms with van der Waals surface area (Å²) in [7, 11) is 0. The lowest BCUT2D eigenvalue weighted by Gasteiger charge is -2.13. The van der Waals surface area contributed by atoms with Gasteiger partial charge in [-0.25, -0.2) is 0 Å². The van der Waals surface area contributed by atoms with Gasteiger partial charge in [0.25, 0.3) is 0 Å². The van der Waals surface area contributed by atoms with Crippen molar-refractivity contribution in [1.82, 2.24) is 4.90 Å². The smallest absolute Gasteiger partial charge is 0.164 e. The van der Waals surface area contributed by atoms with Crippen molar-refractivity contribution >= 4 is 17.2 Å². The van der Waals surface area contributed by atoms with E-state index in [0.29, 0.717) is 23.4 Å². The summed E-state index contributed by atoms with van der Waals surface area (Å²) in [4.78, 5) is 14.3. The average molecular weight is 233 g/mol. The van der Waals surface area contributed by atoms with Crippen LogP contribution < -0.4 is 11.5 Å². The molecule has 92 valence electrons. The molecule has 0 aliphatic carbocycles. The van der Waals surface area contributed by atoms with Gasteiger partial charge in [0.2, 0.25) is 0 Å². The second-order valence-electron chi connectivity index (χ2n) is 4.57. The first-order chi connectivity index (χ1) is 8.16. The molecule has 1 aliphatic heterocycles. The van der Waals surface area contributed by atoms with Gasteiger partial charge in [-0.15, -0.1) is 0 Å². The van der Waals surface area contributed by atoms with Crippen LogP contribution in [0.25, 0.3) is 0 Å². The largest absolute Gasteiger partial charge is 0.397 e. The first-order valence-corrected chi connectivity index (χ1v) is 6.07. The zero-order valence-corrected chi connectivity index (χ0v) is 9.98. The number of nitrogens with two attached hydrogens (primary N) is 2. The van der Waals surface area contributed by atoms with Crippen LogP contribution in [-0.4, -0.2) is 30.3 Å². The molecule has 0 spiro atoms. The number of hydrogen-bond acceptors (Lipinski definition) is 4. The number of rotatable bonds is 4. The Hall–Kier alpha value is -1.55. The van der Waals surface area contributed by atoms with E-state index >= 15 is 0 Å². The lowest BCUT2D eigenvalue weighted by Crippen LogP contribution is -2.22. The highest BCUT2D eigenvalue weighted by Crippen LogP contribution is 2.17. The number of ketones is 1. The molecule has 17 heavy (non-hydrogen) atoms. The number of nitrogens with zero attached hydrogens (tertiary/aromatic N) is 1. The highest BCUT2D eigenvalue weighted by atomic mass is 16.1. The lowest BCUT2D eigenvalue weighted by molar-refractivity contribution is 0.0969. The Labute approximate surface area is 102 Å². The molecule has 0 radical (unpaired) electrons. The SMILES string of the molecule is Nc1ccc(C(=O)CCN2CCCC2)cc1N. The zero-order chi connectivity index (χ0) is 12.3. The van der Waals surface area contributed by atoms with Gasteiger partial charge in [0.1, 0.15) is 0 Å². The van der Waals surface area contributed by atoms with Crippen molar-refractivity contribution in [2.75, 3.05) is 31.1 Å². The Morgan fingerprint density at radius 1 is 1.18 bits per heavy atom. The Morgan fingerprint density at radius 3 is 2.53 bits per heavy atom. The van der Waals surface area contributed by atoms with Crippen molar-refractivity contribution in [3.8, 4) is 0 Å². The third-order valence-electron chi connectivity index (χ3n) is 3.26. The lowest BCUT2D eigenvalue weighted by atomic mass is 10.1. The molecule has 1 aliphatic rings. The fourth-order valence-corrected chi connectivity index (χ4v) is 2.16. The van der Waals surface area contributed by atoms with E-state index in [-0.39, 0.29) is 5.78 Å². The van der Waals surface area contributed by atoms with E-state index in [0.717, 1.165) is 19.6 Å². The van der Waals surface area contributed by atoms with Crippen LogP contribution in [-0.2, 0) is 0 Å². The van der Waals surface area contributed by atoms with Crippen LogP contribution >= 0.6 is 0 Å². The van der Waals surface area contributed by atoms with Crippen molar-refractivity contribution < 1.29 is 4.79 Å². The van der Waals surface area contributed by atoms with Crippen molar-refractivity contribution in [3.63, 3.8) is 0 Å². The first kappa shape index (κ1) is 11.9. The maximum Gasteiger partial charge on any atom is 0.164 e. The Kier molecular flexibility index (Phi) is 3.64. The fourth-order valence-electron chi connectivity index (χ4n) is 2.16. The predicted molar refractivity (Wildman–Crippen MR) is 69.9 cm³/mol. The van der Waals surface area contributed by atoms with Gasteiger partial charge in [0, 0.05) is 18.5 Å². The topological polar surface area (TPSA) is 72.4 Å². The second kappa shape index (κ2) is 5.19. The molecule has 0 saturated carbocycles. The summed E-state index contributed by atoms with van der Waals surface area (Å²) < 4.78 is 0. The predicted octanol–water partition coefficient (Wildman–Crippen LogP) is 1.52. The minimum atomic E-state index is 0.142. The summed E-state index contributed by atoms with van der Waals surface area (Å²) >= 11 is 0. The van der Waals surface area contributed by atoms with Crippen molar-refractivity contribution in [1.29, 1.82) is 0 Å². The molecular weight excluding hydrogens is 214 g/mol. The molecule has 1 fully saturated rings. The molecule has 0 aromatic heterocycles. The van der Waals surface area contributed by atoms with E-state index in [1.165, 1.54) is 12.8 Å². The third kappa shape index (κ3) is 2.97. The van der Waals surface area contributed by atoms with Gasteiger partial charge in [0.05, 0.1) is 11.4 Å². The summed E-state index contributed by atoms with van der Waals surface area (Å²) in [5.41, 5.74) is 13.0. The Bertz CT molecular complexity index is 411. The van der Waals surface area contributed by atoms with Crippen LogP contribution in [0.4, 0.5) is 11.4 Å². The van der Waals surface area contributed by atoms with Crippen LogP contribution in [0.15, 0.2) is 18.2 Å². The molecule has 0 bridgehead atoms. The van der Waals surface area contributed by atoms with Gasteiger partial charge in [0.15, 0.2) is 5.78 Å². The van der Waals surface area contributed by atoms with E-state index in [1.807, 2.05) is 0 Å². The van der Waals surface area contributed by atoms with Crippen LogP contribution in [0, 0.1) is 0 Å². The fraction of sp³-hybridized carbons (Fsp3) is 0.462. The summed E-state index contributed by atoms with van der Waals surface area (Å²) in [5, 5.41) is 0. The third-order valence-corrected chi connectivity index (χ3v) is 3.26. The summed E-state index contributed by atoms with van der Waals surface area (Å²) in [6.07, 6.45) is 3.06. The molecule has 2 rings (SSSR count). The molecule has 4 N–H and O–H groups in total. The average Bonchev–Trinajstić information content (AvgIpc) is 2.82. The van der Waals surface area contributed by atoms with E-state index in [2.05, 4.69) is 4.90 Å². The minimum Gasteiger partial charge on any atom is -0.397 e. The molecule has 4 heteroatoms. The Morgan fingerprint density at radius 2 is 1.88 bits per heavy atom. The van der Waals surface area contributed by atoms with E-state index in [4.69, 9.17) is 11.5 Å². The molecule has 0 unspecified atom stereocenters. The molecule has 1 heterocycles. The molecule has 1 saturated heterocycles. The van der Waals surface area contributed by atoms with E-state index < -0.39 is 0 Å². The normalized spacial score (nSPS) is 16.2. The first-order valence-electron chi connectivity index (χ1n) is 6.07. The van der Waals surface area contributed by atoms with Gasteiger partial charge in [-0.1, -0.05) is 0 Å². The number of benzene rings is 1. The number of nitrogen functional groups attached to an aromatic ring is 2. The van der Waals surface area contributed by atoms with Gasteiger partial charge in [-0.05, 0) is 44.1 Å². The Balaban J connectivity index is 1.92. The molecule has 0 amide bonds. The van der Waals surface area contributed by atoms with Gasteiger partial charge >= 0.3 is 0 Å². The molecular formula is C13H19N3O. The molecule has 0 atom stereocenters. The number of hydrogen-bond donors (Lipinski definition) is 2. The second-order valence-corrected chi connectivity index (χ2v) is 4.57. The van der Waals surface area contributed by atoms with Crippen LogP contribution in [0.2, 0.25) is 0 Å². The number of anilines is 2. The van der Waals surface area contributed by atoms with Crippen molar-refractivity contribution in [3.05, 3.63) is 23.8 Å². The highest BCUT2D eigenvalue weighted by Gasteiger charge is 2.14. The maximum absolute atomic E-state index is 11.9. The van der Waals surface area contributed by atoms with Gasteiger partial charge < -0.3 is 16.4 Å². The zero-order valence-electron chi connectivity index (χ0n) is 9.98. The van der Waals surface area contributed by atoms with Crippen molar-refractivity contribution in [2.24, 2.45) is 0 Å². The van der Waals surface area contributed by atoms with Crippen LogP contribution in [0.3, 0.4) is 0 Å². The van der Waals surface area contributed by atoms with E-state index in [9.17, 15) is 4.79 Å². The molecule has 4 nitrogen and oxygen atoms in total. The maximum atomic E-state index is 11.9. The molecule has 1 aromatic rings. The quantitative estimate of drug-likeness (QED) is 0.611. The number of Topliss-reactive ketones (excluding diaryl/α,β-unsaturated/α-hetero) is 1. The monoisotopic (exact) mass is 233 g/mol. The summed E-state index contributed by atoms with van der Waals surface area (Å²) in [5.74, 6) is 0.142. The summed E-state index contributed by atoms with van der Waals surface area (Å²) in [6, 6.07) is 5.11. The molecule has 1 aromatic carbocycles. The van der Waals surface area contributed by atoms with Gasteiger partial charge in [-0.3, -0.25) is 4.79 Å². The summed E-state index contributed by atoms with van der Waals surface area (Å²) in [6.45, 7) is 3.09. The number of likely N-dealkylation sites (tertiary alicyclic amines) is 1. The minimum absolute atomic E-state index is 0.142.